The summed E-state index contributed by atoms with van der Waals surface area (Å²) in [7, 11) is 0. The van der Waals surface area contributed by atoms with Crippen LogP contribution in [-0.2, 0) is 6.42 Å². The van der Waals surface area contributed by atoms with Crippen LogP contribution in [0.4, 0.5) is 5.82 Å². The van der Waals surface area contributed by atoms with E-state index in [0.717, 1.165) is 30.0 Å². The van der Waals surface area contributed by atoms with Crippen molar-refractivity contribution in [1.82, 2.24) is 10.2 Å². The number of aromatic nitrogens is 2. The number of benzene rings is 1. The van der Waals surface area contributed by atoms with Gasteiger partial charge in [0.15, 0.2) is 5.82 Å². The minimum atomic E-state index is 0.675. The van der Waals surface area contributed by atoms with Gasteiger partial charge in [-0.15, -0.1) is 0 Å². The lowest BCUT2D eigenvalue weighted by molar-refractivity contribution is 1.04. The molecule has 2 aromatic rings. The molecule has 0 saturated heterocycles. The van der Waals surface area contributed by atoms with Crippen molar-refractivity contribution in [3.63, 3.8) is 0 Å². The molecular formula is C11H9Cl2N3. The Balaban J connectivity index is 2.18. The van der Waals surface area contributed by atoms with E-state index in [1.54, 1.807) is 12.1 Å². The molecule has 0 spiro atoms. The number of halogens is 2. The normalized spacial score (nSPS) is 13.6. The van der Waals surface area contributed by atoms with Gasteiger partial charge < -0.3 is 5.32 Å². The van der Waals surface area contributed by atoms with Crippen molar-refractivity contribution in [2.75, 3.05) is 11.9 Å². The van der Waals surface area contributed by atoms with Gasteiger partial charge in [0.25, 0.3) is 0 Å². The number of fused-ring (bicyclic) bond motifs is 1. The maximum absolute atomic E-state index is 6.16. The van der Waals surface area contributed by atoms with E-state index >= 15 is 0 Å². The van der Waals surface area contributed by atoms with E-state index in [-0.39, 0.29) is 0 Å². The van der Waals surface area contributed by atoms with Crippen LogP contribution in [0.5, 0.6) is 0 Å². The summed E-state index contributed by atoms with van der Waals surface area (Å²) in [5, 5.41) is 11.8. The third kappa shape index (κ3) is 1.47. The van der Waals surface area contributed by atoms with Gasteiger partial charge in [0, 0.05) is 22.7 Å². The fourth-order valence-corrected chi connectivity index (χ4v) is 2.36. The van der Waals surface area contributed by atoms with Crippen molar-refractivity contribution in [3.8, 4) is 11.3 Å². The highest BCUT2D eigenvalue weighted by Crippen LogP contribution is 2.35. The molecule has 0 saturated carbocycles. The molecule has 1 aliphatic rings. The second-order valence-electron chi connectivity index (χ2n) is 3.73. The maximum Gasteiger partial charge on any atom is 0.151 e. The summed E-state index contributed by atoms with van der Waals surface area (Å²) >= 11 is 12.1. The van der Waals surface area contributed by atoms with E-state index in [9.17, 15) is 0 Å². The summed E-state index contributed by atoms with van der Waals surface area (Å²) in [5.41, 5.74) is 3.06. The van der Waals surface area contributed by atoms with E-state index in [1.165, 1.54) is 5.56 Å². The van der Waals surface area contributed by atoms with Gasteiger partial charge in [-0.3, -0.25) is 5.10 Å². The Morgan fingerprint density at radius 1 is 1.25 bits per heavy atom. The largest absolute Gasteiger partial charge is 0.368 e. The predicted octanol–water partition coefficient (Wildman–Crippen LogP) is 3.35. The van der Waals surface area contributed by atoms with Crippen molar-refractivity contribution >= 4 is 29.0 Å². The SMILES string of the molecule is Clc1ccc(Cl)c(-c2[nH]nc3c2CCN3)c1. The molecule has 0 unspecified atom stereocenters. The van der Waals surface area contributed by atoms with Crippen molar-refractivity contribution in [2.24, 2.45) is 0 Å². The number of rotatable bonds is 1. The van der Waals surface area contributed by atoms with E-state index in [1.807, 2.05) is 6.07 Å². The van der Waals surface area contributed by atoms with Crippen LogP contribution in [0.25, 0.3) is 11.3 Å². The van der Waals surface area contributed by atoms with Crippen LogP contribution in [0, 0.1) is 0 Å². The first kappa shape index (κ1) is 10.00. The monoisotopic (exact) mass is 253 g/mol. The van der Waals surface area contributed by atoms with Gasteiger partial charge in [-0.1, -0.05) is 23.2 Å². The van der Waals surface area contributed by atoms with Crippen LogP contribution in [0.1, 0.15) is 5.56 Å². The summed E-state index contributed by atoms with van der Waals surface area (Å²) in [6.45, 7) is 0.928. The highest BCUT2D eigenvalue weighted by Gasteiger charge is 2.20. The Hall–Kier alpha value is -1.19. The Labute approximate surface area is 103 Å². The Bertz CT molecular complexity index is 548. The van der Waals surface area contributed by atoms with Crippen molar-refractivity contribution in [3.05, 3.63) is 33.8 Å². The Kier molecular flexibility index (Phi) is 2.30. The number of anilines is 1. The molecule has 0 radical (unpaired) electrons. The molecule has 16 heavy (non-hydrogen) atoms. The lowest BCUT2D eigenvalue weighted by Gasteiger charge is -2.03. The third-order valence-electron chi connectivity index (χ3n) is 2.73. The summed E-state index contributed by atoms with van der Waals surface area (Å²) in [6.07, 6.45) is 0.962. The van der Waals surface area contributed by atoms with E-state index in [2.05, 4.69) is 15.5 Å². The highest BCUT2D eigenvalue weighted by atomic mass is 35.5. The van der Waals surface area contributed by atoms with Crippen LogP contribution in [0.3, 0.4) is 0 Å². The Morgan fingerprint density at radius 3 is 3.00 bits per heavy atom. The zero-order valence-electron chi connectivity index (χ0n) is 8.35. The minimum Gasteiger partial charge on any atom is -0.368 e. The molecule has 0 aliphatic carbocycles. The fraction of sp³-hybridized carbons (Fsp3) is 0.182. The molecule has 0 atom stereocenters. The van der Waals surface area contributed by atoms with Crippen LogP contribution in [-0.4, -0.2) is 16.7 Å². The van der Waals surface area contributed by atoms with E-state index < -0.39 is 0 Å². The summed E-state index contributed by atoms with van der Waals surface area (Å²) in [6, 6.07) is 5.44. The maximum atomic E-state index is 6.16. The molecular weight excluding hydrogens is 245 g/mol. The van der Waals surface area contributed by atoms with E-state index in [0.29, 0.717) is 10.0 Å². The molecule has 2 heterocycles. The molecule has 1 aromatic heterocycles. The van der Waals surface area contributed by atoms with Crippen LogP contribution in [0.15, 0.2) is 18.2 Å². The number of hydrogen-bond acceptors (Lipinski definition) is 2. The summed E-state index contributed by atoms with van der Waals surface area (Å²) in [4.78, 5) is 0. The van der Waals surface area contributed by atoms with Gasteiger partial charge in [-0.05, 0) is 24.6 Å². The smallest absolute Gasteiger partial charge is 0.151 e. The van der Waals surface area contributed by atoms with Gasteiger partial charge in [-0.2, -0.15) is 5.10 Å². The minimum absolute atomic E-state index is 0.675. The number of hydrogen-bond donors (Lipinski definition) is 2. The van der Waals surface area contributed by atoms with Crippen LogP contribution in [0.2, 0.25) is 10.0 Å². The molecule has 82 valence electrons. The molecule has 2 N–H and O–H groups in total. The molecule has 1 aliphatic heterocycles. The summed E-state index contributed by atoms with van der Waals surface area (Å²) < 4.78 is 0. The predicted molar refractivity (Wildman–Crippen MR) is 66.2 cm³/mol. The van der Waals surface area contributed by atoms with Crippen molar-refractivity contribution in [1.29, 1.82) is 0 Å². The summed E-state index contributed by atoms with van der Waals surface area (Å²) in [5.74, 6) is 0.922. The molecule has 1 aromatic carbocycles. The number of aromatic amines is 1. The van der Waals surface area contributed by atoms with Crippen molar-refractivity contribution in [2.45, 2.75) is 6.42 Å². The number of nitrogens with one attached hydrogen (secondary N) is 2. The second-order valence-corrected chi connectivity index (χ2v) is 4.57. The quantitative estimate of drug-likeness (QED) is 0.819. The zero-order valence-corrected chi connectivity index (χ0v) is 9.86. The molecule has 0 amide bonds. The molecule has 5 heteroatoms. The van der Waals surface area contributed by atoms with Gasteiger partial charge >= 0.3 is 0 Å². The molecule has 3 nitrogen and oxygen atoms in total. The lowest BCUT2D eigenvalue weighted by atomic mass is 10.1. The standard InChI is InChI=1S/C11H9Cl2N3/c12-6-1-2-9(13)8(5-6)10-7-3-4-14-11(7)16-15-10/h1-2,5H,3-4H2,(H2,14,15,16). The first-order valence-electron chi connectivity index (χ1n) is 5.02. The fourth-order valence-electron chi connectivity index (χ4n) is 1.97. The molecule has 0 bridgehead atoms. The van der Waals surface area contributed by atoms with Gasteiger partial charge in [-0.25, -0.2) is 0 Å². The molecule has 3 rings (SSSR count). The lowest BCUT2D eigenvalue weighted by Crippen LogP contribution is -1.94. The van der Waals surface area contributed by atoms with Crippen LogP contribution >= 0.6 is 23.2 Å². The third-order valence-corrected chi connectivity index (χ3v) is 3.30. The first-order chi connectivity index (χ1) is 7.75. The first-order valence-corrected chi connectivity index (χ1v) is 5.78. The Morgan fingerprint density at radius 2 is 2.12 bits per heavy atom. The number of nitrogens with zero attached hydrogens (tertiary/aromatic N) is 1. The van der Waals surface area contributed by atoms with Gasteiger partial charge in [0.2, 0.25) is 0 Å². The number of H-pyrrole nitrogens is 1. The van der Waals surface area contributed by atoms with Crippen LogP contribution < -0.4 is 5.32 Å². The van der Waals surface area contributed by atoms with Crippen molar-refractivity contribution < 1.29 is 0 Å². The topological polar surface area (TPSA) is 40.7 Å². The average molecular weight is 254 g/mol. The van der Waals surface area contributed by atoms with Gasteiger partial charge in [0.05, 0.1) is 10.7 Å². The van der Waals surface area contributed by atoms with E-state index in [4.69, 9.17) is 23.2 Å². The second kappa shape index (κ2) is 3.68. The molecule has 0 fully saturated rings. The highest BCUT2D eigenvalue weighted by molar-refractivity contribution is 6.35. The van der Waals surface area contributed by atoms with Gasteiger partial charge in [0.1, 0.15) is 0 Å². The average Bonchev–Trinajstić information content (AvgIpc) is 2.83. The zero-order chi connectivity index (χ0) is 11.1.